The van der Waals surface area contributed by atoms with Crippen LogP contribution in [0.3, 0.4) is 0 Å². The molecule has 2 rings (SSSR count). The van der Waals surface area contributed by atoms with Crippen molar-refractivity contribution < 1.29 is 0 Å². The van der Waals surface area contributed by atoms with E-state index in [4.69, 9.17) is 0 Å². The molecule has 0 heterocycles. The van der Waals surface area contributed by atoms with Gasteiger partial charge in [0.25, 0.3) is 0 Å². The molecule has 1 N–H and O–H groups in total. The van der Waals surface area contributed by atoms with E-state index in [0.29, 0.717) is 5.41 Å². The molecule has 0 unspecified atom stereocenters. The molecule has 2 fully saturated rings. The summed E-state index contributed by atoms with van der Waals surface area (Å²) in [6.45, 7) is 12.1. The third kappa shape index (κ3) is 5.04. The monoisotopic (exact) mass is 280 g/mol. The Bertz CT molecular complexity index is 265. The van der Waals surface area contributed by atoms with Crippen LogP contribution in [0.25, 0.3) is 0 Å². The molecule has 2 nitrogen and oxygen atoms in total. The minimum absolute atomic E-state index is 0.574. The van der Waals surface area contributed by atoms with E-state index < -0.39 is 0 Å². The Kier molecular flexibility index (Phi) is 6.35. The van der Waals surface area contributed by atoms with Gasteiger partial charge in [-0.05, 0) is 56.5 Å². The van der Waals surface area contributed by atoms with Crippen molar-refractivity contribution in [1.29, 1.82) is 0 Å². The molecule has 20 heavy (non-hydrogen) atoms. The van der Waals surface area contributed by atoms with Crippen molar-refractivity contribution in [2.45, 2.75) is 78.2 Å². The van der Waals surface area contributed by atoms with E-state index in [1.807, 2.05) is 0 Å². The topological polar surface area (TPSA) is 15.3 Å². The van der Waals surface area contributed by atoms with Crippen LogP contribution in [-0.2, 0) is 0 Å². The molecule has 0 atom stereocenters. The maximum absolute atomic E-state index is 3.78. The van der Waals surface area contributed by atoms with Gasteiger partial charge in [-0.2, -0.15) is 0 Å². The smallest absolute Gasteiger partial charge is 0.00966 e. The van der Waals surface area contributed by atoms with Gasteiger partial charge in [0.15, 0.2) is 0 Å². The highest BCUT2D eigenvalue weighted by Crippen LogP contribution is 2.39. The molecule has 0 aliphatic heterocycles. The first kappa shape index (κ1) is 16.3. The van der Waals surface area contributed by atoms with Crippen molar-refractivity contribution in [3.63, 3.8) is 0 Å². The molecule has 0 bridgehead atoms. The first-order valence-corrected chi connectivity index (χ1v) is 9.10. The molecule has 0 aromatic heterocycles. The summed E-state index contributed by atoms with van der Waals surface area (Å²) in [5.41, 5.74) is 0.574. The van der Waals surface area contributed by atoms with Crippen molar-refractivity contribution >= 4 is 0 Å². The molecule has 0 radical (unpaired) electrons. The van der Waals surface area contributed by atoms with E-state index in [-0.39, 0.29) is 0 Å². The highest BCUT2D eigenvalue weighted by Gasteiger charge is 2.37. The van der Waals surface area contributed by atoms with Crippen LogP contribution in [0.5, 0.6) is 0 Å². The molecule has 0 amide bonds. The molecule has 118 valence electrons. The van der Waals surface area contributed by atoms with E-state index in [0.717, 1.165) is 12.0 Å². The van der Waals surface area contributed by atoms with Crippen molar-refractivity contribution in [1.82, 2.24) is 10.2 Å². The van der Waals surface area contributed by atoms with Gasteiger partial charge < -0.3 is 5.32 Å². The van der Waals surface area contributed by atoms with Crippen LogP contribution in [-0.4, -0.2) is 37.1 Å². The number of hydrogen-bond acceptors (Lipinski definition) is 2. The normalized spacial score (nSPS) is 22.6. The predicted molar refractivity (Wildman–Crippen MR) is 88.1 cm³/mol. The SMILES string of the molecule is CCCN(CC1(CNCC(C)C)CCCCC1)C1CC1. The maximum atomic E-state index is 3.78. The largest absolute Gasteiger partial charge is 0.316 e. The Morgan fingerprint density at radius 1 is 1.15 bits per heavy atom. The third-order valence-electron chi connectivity index (χ3n) is 5.08. The van der Waals surface area contributed by atoms with Crippen molar-refractivity contribution in [2.24, 2.45) is 11.3 Å². The Morgan fingerprint density at radius 2 is 1.85 bits per heavy atom. The minimum atomic E-state index is 0.574. The fourth-order valence-electron chi connectivity index (χ4n) is 3.87. The first-order valence-electron chi connectivity index (χ1n) is 9.10. The molecular formula is C18H36N2. The summed E-state index contributed by atoms with van der Waals surface area (Å²) >= 11 is 0. The van der Waals surface area contributed by atoms with E-state index >= 15 is 0 Å². The fraction of sp³-hybridized carbons (Fsp3) is 1.00. The first-order chi connectivity index (χ1) is 9.65. The van der Waals surface area contributed by atoms with Crippen molar-refractivity contribution in [3.8, 4) is 0 Å². The summed E-state index contributed by atoms with van der Waals surface area (Å²) in [7, 11) is 0. The zero-order chi connectivity index (χ0) is 14.4. The van der Waals surface area contributed by atoms with Crippen LogP contribution in [0.1, 0.15) is 72.1 Å². The van der Waals surface area contributed by atoms with Gasteiger partial charge in [-0.3, -0.25) is 4.90 Å². The van der Waals surface area contributed by atoms with Crippen LogP contribution >= 0.6 is 0 Å². The molecule has 0 spiro atoms. The van der Waals surface area contributed by atoms with Crippen LogP contribution in [0.2, 0.25) is 0 Å². The number of nitrogens with one attached hydrogen (secondary N) is 1. The second-order valence-electron chi connectivity index (χ2n) is 7.79. The molecule has 0 saturated heterocycles. The molecular weight excluding hydrogens is 244 g/mol. The van der Waals surface area contributed by atoms with Crippen molar-refractivity contribution in [2.75, 3.05) is 26.2 Å². The quantitative estimate of drug-likeness (QED) is 0.685. The summed E-state index contributed by atoms with van der Waals surface area (Å²) in [6.07, 6.45) is 11.5. The fourth-order valence-corrected chi connectivity index (χ4v) is 3.87. The number of hydrogen-bond donors (Lipinski definition) is 1. The zero-order valence-electron chi connectivity index (χ0n) is 14.1. The summed E-state index contributed by atoms with van der Waals surface area (Å²) in [5, 5.41) is 3.78. The van der Waals surface area contributed by atoms with E-state index in [1.54, 1.807) is 0 Å². The van der Waals surface area contributed by atoms with Crippen LogP contribution < -0.4 is 5.32 Å². The maximum Gasteiger partial charge on any atom is 0.00966 e. The van der Waals surface area contributed by atoms with Gasteiger partial charge in [0.05, 0.1) is 0 Å². The highest BCUT2D eigenvalue weighted by molar-refractivity contribution is 4.93. The zero-order valence-corrected chi connectivity index (χ0v) is 14.1. The summed E-state index contributed by atoms with van der Waals surface area (Å²) < 4.78 is 0. The van der Waals surface area contributed by atoms with Crippen molar-refractivity contribution in [3.05, 3.63) is 0 Å². The van der Waals surface area contributed by atoms with Gasteiger partial charge in [0.1, 0.15) is 0 Å². The van der Waals surface area contributed by atoms with E-state index in [9.17, 15) is 0 Å². The molecule has 2 heteroatoms. The lowest BCUT2D eigenvalue weighted by molar-refractivity contribution is 0.0964. The van der Waals surface area contributed by atoms with E-state index in [2.05, 4.69) is 31.0 Å². The molecule has 0 aromatic carbocycles. The predicted octanol–water partition coefficient (Wildman–Crippen LogP) is 4.06. The second kappa shape index (κ2) is 7.79. The average Bonchev–Trinajstić information content (AvgIpc) is 3.23. The Hall–Kier alpha value is -0.0800. The highest BCUT2D eigenvalue weighted by atomic mass is 15.2. The van der Waals surface area contributed by atoms with Gasteiger partial charge in [0.2, 0.25) is 0 Å². The second-order valence-corrected chi connectivity index (χ2v) is 7.79. The Labute approximate surface area is 126 Å². The molecule has 2 aliphatic rings. The third-order valence-corrected chi connectivity index (χ3v) is 5.08. The van der Waals surface area contributed by atoms with Crippen LogP contribution in [0, 0.1) is 11.3 Å². The summed E-state index contributed by atoms with van der Waals surface area (Å²) in [5.74, 6) is 0.769. The van der Waals surface area contributed by atoms with Gasteiger partial charge in [-0.15, -0.1) is 0 Å². The van der Waals surface area contributed by atoms with E-state index in [1.165, 1.54) is 77.5 Å². The lowest BCUT2D eigenvalue weighted by atomic mass is 9.73. The Balaban J connectivity index is 1.90. The minimum Gasteiger partial charge on any atom is -0.316 e. The standard InChI is InChI=1S/C18H36N2/c1-4-12-20(17-8-9-17)15-18(10-6-5-7-11-18)14-19-13-16(2)3/h16-17,19H,4-15H2,1-3H3. The van der Waals surface area contributed by atoms with Gasteiger partial charge >= 0.3 is 0 Å². The summed E-state index contributed by atoms with van der Waals surface area (Å²) in [6, 6.07) is 0.929. The van der Waals surface area contributed by atoms with Gasteiger partial charge in [-0.25, -0.2) is 0 Å². The number of rotatable bonds is 9. The average molecular weight is 280 g/mol. The summed E-state index contributed by atoms with van der Waals surface area (Å²) in [4.78, 5) is 2.82. The lowest BCUT2D eigenvalue weighted by Crippen LogP contribution is -2.46. The Morgan fingerprint density at radius 3 is 2.40 bits per heavy atom. The molecule has 0 aromatic rings. The van der Waals surface area contributed by atoms with Gasteiger partial charge in [0, 0.05) is 19.1 Å². The lowest BCUT2D eigenvalue weighted by Gasteiger charge is -2.42. The number of nitrogens with zero attached hydrogens (tertiary/aromatic N) is 1. The van der Waals surface area contributed by atoms with Gasteiger partial charge in [-0.1, -0.05) is 40.0 Å². The van der Waals surface area contributed by atoms with Crippen LogP contribution in [0.4, 0.5) is 0 Å². The molecule has 2 aliphatic carbocycles. The van der Waals surface area contributed by atoms with Crippen LogP contribution in [0.15, 0.2) is 0 Å². The molecule has 2 saturated carbocycles.